The van der Waals surface area contributed by atoms with Crippen LogP contribution < -0.4 is 0 Å². The lowest BCUT2D eigenvalue weighted by molar-refractivity contribution is 0.453. The molecule has 6 heteroatoms. The molecule has 2 heterocycles. The van der Waals surface area contributed by atoms with Crippen molar-refractivity contribution >= 4 is 32.6 Å². The lowest BCUT2D eigenvalue weighted by atomic mass is 10.2. The largest absolute Gasteiger partial charge is 0.451 e. The molecule has 0 aliphatic rings. The third-order valence-electron chi connectivity index (χ3n) is 3.25. The fourth-order valence-corrected chi connectivity index (χ4v) is 3.87. The first kappa shape index (κ1) is 14.5. The van der Waals surface area contributed by atoms with E-state index in [1.54, 1.807) is 10.8 Å². The molecule has 1 atom stereocenters. The minimum Gasteiger partial charge on any atom is -0.451 e. The Kier molecular flexibility index (Phi) is 4.26. The summed E-state index contributed by atoms with van der Waals surface area (Å²) in [6.07, 6.45) is 0. The van der Waals surface area contributed by atoms with E-state index in [0.717, 1.165) is 11.0 Å². The van der Waals surface area contributed by atoms with Gasteiger partial charge in [-0.05, 0) is 18.1 Å². The number of fused-ring (bicyclic) bond motifs is 1. The van der Waals surface area contributed by atoms with Crippen LogP contribution >= 0.6 is 21.6 Å². The van der Waals surface area contributed by atoms with Gasteiger partial charge in [0.2, 0.25) is 0 Å². The molecule has 4 nitrogen and oxygen atoms in total. The van der Waals surface area contributed by atoms with Gasteiger partial charge in [-0.3, -0.25) is 0 Å². The van der Waals surface area contributed by atoms with Crippen LogP contribution in [-0.4, -0.2) is 15.4 Å². The molecule has 0 radical (unpaired) electrons. The Bertz CT molecular complexity index is 703. The van der Waals surface area contributed by atoms with E-state index in [1.807, 2.05) is 30.3 Å². The fourth-order valence-electron chi connectivity index (χ4n) is 1.66. The van der Waals surface area contributed by atoms with E-state index in [4.69, 9.17) is 8.83 Å². The maximum absolute atomic E-state index is 5.72. The van der Waals surface area contributed by atoms with Gasteiger partial charge in [-0.15, -0.1) is 5.10 Å². The Balaban J connectivity index is 1.75. The van der Waals surface area contributed by atoms with Crippen molar-refractivity contribution in [3.63, 3.8) is 0 Å². The van der Waals surface area contributed by atoms with Crippen LogP contribution in [-0.2, 0) is 0 Å². The number of hydrogen-bond acceptors (Lipinski definition) is 6. The van der Waals surface area contributed by atoms with Gasteiger partial charge >= 0.3 is 0 Å². The van der Waals surface area contributed by atoms with Crippen LogP contribution in [0.25, 0.3) is 22.6 Å². The van der Waals surface area contributed by atoms with Gasteiger partial charge in [0.15, 0.2) is 5.76 Å². The highest BCUT2D eigenvalue weighted by Gasteiger charge is 2.16. The number of furan rings is 1. The molecule has 0 saturated heterocycles. The first-order chi connectivity index (χ1) is 10.1. The molecule has 2 aromatic heterocycles. The molecule has 1 aromatic carbocycles. The summed E-state index contributed by atoms with van der Waals surface area (Å²) in [5.74, 6) is 1.64. The van der Waals surface area contributed by atoms with E-state index in [1.165, 1.54) is 10.8 Å². The van der Waals surface area contributed by atoms with Crippen molar-refractivity contribution in [2.45, 2.75) is 31.2 Å². The molecule has 110 valence electrons. The quantitative estimate of drug-likeness (QED) is 0.597. The Morgan fingerprint density at radius 2 is 1.86 bits per heavy atom. The summed E-state index contributed by atoms with van der Waals surface area (Å²) in [7, 11) is 3.25. The maximum Gasteiger partial charge on any atom is 0.287 e. The number of para-hydroxylation sites is 1. The zero-order valence-electron chi connectivity index (χ0n) is 12.1. The minimum atomic E-state index is 0.423. The number of aromatic nitrogens is 2. The maximum atomic E-state index is 5.72. The van der Waals surface area contributed by atoms with Crippen molar-refractivity contribution in [3.8, 4) is 11.7 Å². The van der Waals surface area contributed by atoms with Crippen molar-refractivity contribution in [1.29, 1.82) is 0 Å². The van der Waals surface area contributed by atoms with Crippen LogP contribution in [0.15, 0.2) is 44.4 Å². The Morgan fingerprint density at radius 3 is 2.62 bits per heavy atom. The average Bonchev–Trinajstić information content (AvgIpc) is 3.10. The summed E-state index contributed by atoms with van der Waals surface area (Å²) < 4.78 is 11.4. The Labute approximate surface area is 131 Å². The molecule has 3 rings (SSSR count). The van der Waals surface area contributed by atoms with Gasteiger partial charge in [-0.2, -0.15) is 0 Å². The molecule has 0 bridgehead atoms. The molecular formula is C15H16N2O2S2. The second kappa shape index (κ2) is 6.15. The smallest absolute Gasteiger partial charge is 0.287 e. The molecule has 21 heavy (non-hydrogen) atoms. The summed E-state index contributed by atoms with van der Waals surface area (Å²) >= 11 is 0. The monoisotopic (exact) mass is 320 g/mol. The molecule has 1 unspecified atom stereocenters. The normalized spacial score (nSPS) is 13.1. The summed E-state index contributed by atoms with van der Waals surface area (Å²) in [5.41, 5.74) is 0.822. The molecule has 3 aromatic rings. The zero-order chi connectivity index (χ0) is 14.8. The van der Waals surface area contributed by atoms with E-state index >= 15 is 0 Å². The summed E-state index contributed by atoms with van der Waals surface area (Å²) in [6.45, 7) is 6.59. The Morgan fingerprint density at radius 1 is 1.05 bits per heavy atom. The number of benzene rings is 1. The third-order valence-corrected chi connectivity index (χ3v) is 6.13. The van der Waals surface area contributed by atoms with Crippen molar-refractivity contribution < 1.29 is 8.83 Å². The van der Waals surface area contributed by atoms with Crippen molar-refractivity contribution in [2.75, 3.05) is 0 Å². The topological polar surface area (TPSA) is 52.1 Å². The molecule has 0 N–H and O–H groups in total. The number of nitrogens with zero attached hydrogens (tertiary/aromatic N) is 2. The van der Waals surface area contributed by atoms with E-state index in [2.05, 4.69) is 31.0 Å². The predicted molar refractivity (Wildman–Crippen MR) is 87.3 cm³/mol. The number of hydrogen-bond donors (Lipinski definition) is 0. The van der Waals surface area contributed by atoms with Crippen molar-refractivity contribution in [1.82, 2.24) is 10.2 Å². The summed E-state index contributed by atoms with van der Waals surface area (Å²) in [5, 5.41) is 10.2. The molecular weight excluding hydrogens is 304 g/mol. The first-order valence-electron chi connectivity index (χ1n) is 6.79. The summed E-state index contributed by atoms with van der Waals surface area (Å²) in [4.78, 5) is 0. The molecule has 0 spiro atoms. The summed E-state index contributed by atoms with van der Waals surface area (Å²) in [6, 6.07) is 9.75. The van der Waals surface area contributed by atoms with E-state index in [0.29, 0.717) is 28.0 Å². The third kappa shape index (κ3) is 3.27. The average molecular weight is 320 g/mol. The van der Waals surface area contributed by atoms with Crippen LogP contribution in [0.5, 0.6) is 0 Å². The lowest BCUT2D eigenvalue weighted by Crippen LogP contribution is -2.03. The van der Waals surface area contributed by atoms with Gasteiger partial charge in [-0.25, -0.2) is 0 Å². The minimum absolute atomic E-state index is 0.423. The second-order valence-electron chi connectivity index (χ2n) is 5.15. The van der Waals surface area contributed by atoms with Crippen LogP contribution in [0, 0.1) is 5.92 Å². The predicted octanol–water partition coefficient (Wildman–Crippen LogP) is 5.27. The standard InChI is InChI=1S/C15H16N2O2S2/c1-9(2)10(3)20-21-15-17-16-14(19-15)13-8-11-6-4-5-7-12(11)18-13/h4-10H,1-3H3. The van der Waals surface area contributed by atoms with Crippen LogP contribution in [0.1, 0.15) is 20.8 Å². The number of rotatable bonds is 5. The van der Waals surface area contributed by atoms with Crippen molar-refractivity contribution in [2.24, 2.45) is 5.92 Å². The zero-order valence-corrected chi connectivity index (χ0v) is 13.7. The van der Waals surface area contributed by atoms with Gasteiger partial charge in [0.25, 0.3) is 11.1 Å². The van der Waals surface area contributed by atoms with Crippen LogP contribution in [0.3, 0.4) is 0 Å². The fraction of sp³-hybridized carbons (Fsp3) is 0.333. The lowest BCUT2D eigenvalue weighted by Gasteiger charge is -2.11. The van der Waals surface area contributed by atoms with Crippen LogP contribution in [0.2, 0.25) is 0 Å². The van der Waals surface area contributed by atoms with Crippen molar-refractivity contribution in [3.05, 3.63) is 30.3 Å². The van der Waals surface area contributed by atoms with E-state index in [9.17, 15) is 0 Å². The van der Waals surface area contributed by atoms with Gasteiger partial charge in [-0.1, -0.05) is 54.9 Å². The van der Waals surface area contributed by atoms with E-state index < -0.39 is 0 Å². The first-order valence-corrected chi connectivity index (χ1v) is 9.00. The highest BCUT2D eigenvalue weighted by Crippen LogP contribution is 2.37. The van der Waals surface area contributed by atoms with Gasteiger partial charge in [0.05, 0.1) is 0 Å². The molecule has 0 aliphatic heterocycles. The molecule has 0 saturated carbocycles. The molecule has 0 amide bonds. The highest BCUT2D eigenvalue weighted by atomic mass is 33.1. The van der Waals surface area contributed by atoms with Gasteiger partial charge < -0.3 is 8.83 Å². The molecule has 0 aliphatic carbocycles. The highest BCUT2D eigenvalue weighted by molar-refractivity contribution is 8.76. The van der Waals surface area contributed by atoms with E-state index in [-0.39, 0.29) is 0 Å². The van der Waals surface area contributed by atoms with Gasteiger partial charge in [0, 0.05) is 21.4 Å². The van der Waals surface area contributed by atoms with Crippen LogP contribution in [0.4, 0.5) is 0 Å². The second-order valence-corrected chi connectivity index (χ2v) is 7.68. The Hall–Kier alpha value is -1.40. The SMILES string of the molecule is CC(C)C(C)SSc1nnc(-c2cc3ccccc3o2)o1. The van der Waals surface area contributed by atoms with Gasteiger partial charge in [0.1, 0.15) is 5.58 Å². The molecule has 0 fully saturated rings.